The van der Waals surface area contributed by atoms with Crippen LogP contribution in [0.3, 0.4) is 0 Å². The summed E-state index contributed by atoms with van der Waals surface area (Å²) in [5.41, 5.74) is 0.0378. The molecule has 0 aliphatic heterocycles. The van der Waals surface area contributed by atoms with Crippen LogP contribution >= 0.6 is 0 Å². The molecule has 1 aromatic carbocycles. The molecule has 3 aliphatic carbocycles. The predicted molar refractivity (Wildman–Crippen MR) is 84.6 cm³/mol. The number of nitro benzene ring substituents is 1. The van der Waals surface area contributed by atoms with Crippen molar-refractivity contribution in [3.8, 4) is 5.75 Å². The van der Waals surface area contributed by atoms with Crippen LogP contribution in [0.15, 0.2) is 24.3 Å². The maximum atomic E-state index is 12.2. The zero-order valence-electron chi connectivity index (χ0n) is 13.2. The molecule has 1 aromatic rings. The van der Waals surface area contributed by atoms with E-state index in [0.29, 0.717) is 12.2 Å². The molecule has 0 spiro atoms. The lowest BCUT2D eigenvalue weighted by molar-refractivity contribution is -0.384. The lowest BCUT2D eigenvalue weighted by Gasteiger charge is -2.43. The number of nitro groups is 1. The van der Waals surface area contributed by atoms with Crippen molar-refractivity contribution in [2.24, 2.45) is 23.7 Å². The molecular formula is C18H19NO5. The van der Waals surface area contributed by atoms with Gasteiger partial charge in [0.25, 0.3) is 5.69 Å². The third-order valence-corrected chi connectivity index (χ3v) is 5.97. The maximum Gasteiger partial charge on any atom is 0.269 e. The SMILES string of the molecule is O=C1C(=O)C2CCC(Oc3ccc([N+](=O)[O-])cc3)C3CCCC1C23. The molecule has 5 atom stereocenters. The third kappa shape index (κ3) is 2.32. The summed E-state index contributed by atoms with van der Waals surface area (Å²) in [7, 11) is 0. The number of carbonyl (C=O) groups excluding carboxylic acids is 2. The fraction of sp³-hybridized carbons (Fsp3) is 0.556. The highest BCUT2D eigenvalue weighted by molar-refractivity contribution is 6.41. The van der Waals surface area contributed by atoms with Crippen LogP contribution < -0.4 is 4.74 Å². The zero-order valence-corrected chi connectivity index (χ0v) is 13.2. The molecule has 0 N–H and O–H groups in total. The second-order valence-corrected chi connectivity index (χ2v) is 7.10. The first-order chi connectivity index (χ1) is 11.6. The van der Waals surface area contributed by atoms with E-state index in [-0.39, 0.29) is 47.0 Å². The Hall–Kier alpha value is -2.24. The van der Waals surface area contributed by atoms with Gasteiger partial charge in [-0.05, 0) is 43.7 Å². The first kappa shape index (κ1) is 15.3. The Morgan fingerprint density at radius 2 is 1.62 bits per heavy atom. The summed E-state index contributed by atoms with van der Waals surface area (Å²) in [5, 5.41) is 10.7. The minimum absolute atomic E-state index is 0.0193. The highest BCUT2D eigenvalue weighted by atomic mass is 16.6. The number of non-ortho nitro benzene ring substituents is 1. The quantitative estimate of drug-likeness (QED) is 0.483. The van der Waals surface area contributed by atoms with Crippen molar-refractivity contribution in [3.63, 3.8) is 0 Å². The molecule has 6 heteroatoms. The van der Waals surface area contributed by atoms with Gasteiger partial charge in [0, 0.05) is 29.9 Å². The second-order valence-electron chi connectivity index (χ2n) is 7.10. The Bertz CT molecular complexity index is 682. The molecule has 126 valence electrons. The number of Topliss-reactive ketones (excluding diaryl/α,β-unsaturated/α-hetero) is 2. The minimum atomic E-state index is -0.434. The average Bonchev–Trinajstić information content (AvgIpc) is 2.84. The van der Waals surface area contributed by atoms with Crippen molar-refractivity contribution < 1.29 is 19.2 Å². The van der Waals surface area contributed by atoms with E-state index < -0.39 is 4.92 Å². The molecule has 24 heavy (non-hydrogen) atoms. The minimum Gasteiger partial charge on any atom is -0.490 e. The number of hydrogen-bond donors (Lipinski definition) is 0. The van der Waals surface area contributed by atoms with Gasteiger partial charge < -0.3 is 4.74 Å². The van der Waals surface area contributed by atoms with Crippen molar-refractivity contribution >= 4 is 17.3 Å². The standard InChI is InChI=1S/C18H19NO5/c20-17-13-3-1-2-12-15(9-8-14(16(12)13)18(17)21)24-11-6-4-10(5-7-11)19(22)23/h4-7,12-16H,1-3,8-9H2. The third-order valence-electron chi connectivity index (χ3n) is 5.97. The van der Waals surface area contributed by atoms with Crippen LogP contribution in [0.2, 0.25) is 0 Å². The Kier molecular flexibility index (Phi) is 3.62. The number of ketones is 2. The number of rotatable bonds is 3. The van der Waals surface area contributed by atoms with E-state index in [9.17, 15) is 19.7 Å². The Morgan fingerprint density at radius 1 is 0.958 bits per heavy atom. The largest absolute Gasteiger partial charge is 0.490 e. The van der Waals surface area contributed by atoms with Crippen molar-refractivity contribution in [3.05, 3.63) is 34.4 Å². The first-order valence-electron chi connectivity index (χ1n) is 8.55. The van der Waals surface area contributed by atoms with Gasteiger partial charge in [0.15, 0.2) is 0 Å². The zero-order chi connectivity index (χ0) is 16.8. The Balaban J connectivity index is 1.54. The van der Waals surface area contributed by atoms with E-state index in [0.717, 1.165) is 25.7 Å². The molecule has 0 radical (unpaired) electrons. The van der Waals surface area contributed by atoms with Gasteiger partial charge in [-0.2, -0.15) is 0 Å². The fourth-order valence-corrected chi connectivity index (χ4v) is 4.96. The average molecular weight is 329 g/mol. The van der Waals surface area contributed by atoms with E-state index in [2.05, 4.69) is 0 Å². The first-order valence-corrected chi connectivity index (χ1v) is 8.55. The summed E-state index contributed by atoms with van der Waals surface area (Å²) in [6, 6.07) is 6.12. The number of hydrogen-bond acceptors (Lipinski definition) is 5. The lowest BCUT2D eigenvalue weighted by Crippen LogP contribution is -2.44. The molecule has 3 aliphatic rings. The Labute approximate surface area is 139 Å². The second kappa shape index (κ2) is 5.69. The summed E-state index contributed by atoms with van der Waals surface area (Å²) in [6.45, 7) is 0. The number of benzene rings is 1. The van der Waals surface area contributed by atoms with E-state index in [4.69, 9.17) is 4.74 Å². The van der Waals surface area contributed by atoms with Crippen LogP contribution in [0.25, 0.3) is 0 Å². The smallest absolute Gasteiger partial charge is 0.269 e. The maximum absolute atomic E-state index is 12.2. The van der Waals surface area contributed by atoms with E-state index >= 15 is 0 Å². The van der Waals surface area contributed by atoms with Gasteiger partial charge in [0.1, 0.15) is 11.9 Å². The summed E-state index contributed by atoms with van der Waals surface area (Å²) in [4.78, 5) is 34.7. The molecule has 5 unspecified atom stereocenters. The topological polar surface area (TPSA) is 86.5 Å². The molecule has 0 amide bonds. The van der Waals surface area contributed by atoms with Gasteiger partial charge in [-0.15, -0.1) is 0 Å². The molecule has 3 fully saturated rings. The summed E-state index contributed by atoms with van der Waals surface area (Å²) >= 11 is 0. The summed E-state index contributed by atoms with van der Waals surface area (Å²) < 4.78 is 6.11. The fourth-order valence-electron chi connectivity index (χ4n) is 4.96. The lowest BCUT2D eigenvalue weighted by atomic mass is 9.63. The van der Waals surface area contributed by atoms with Crippen LogP contribution in [0.5, 0.6) is 5.75 Å². The number of nitrogens with zero attached hydrogens (tertiary/aromatic N) is 1. The Morgan fingerprint density at radius 3 is 2.29 bits per heavy atom. The van der Waals surface area contributed by atoms with Crippen LogP contribution in [-0.4, -0.2) is 22.6 Å². The normalized spacial score (nSPS) is 34.8. The monoisotopic (exact) mass is 329 g/mol. The van der Waals surface area contributed by atoms with Gasteiger partial charge in [0.05, 0.1) is 4.92 Å². The molecule has 0 aromatic heterocycles. The van der Waals surface area contributed by atoms with Crippen molar-refractivity contribution in [1.82, 2.24) is 0 Å². The molecule has 6 nitrogen and oxygen atoms in total. The molecule has 4 rings (SSSR count). The van der Waals surface area contributed by atoms with Crippen LogP contribution in [-0.2, 0) is 9.59 Å². The molecule has 0 saturated heterocycles. The van der Waals surface area contributed by atoms with E-state index in [1.54, 1.807) is 12.1 Å². The van der Waals surface area contributed by atoms with Gasteiger partial charge >= 0.3 is 0 Å². The van der Waals surface area contributed by atoms with Crippen molar-refractivity contribution in [2.75, 3.05) is 0 Å². The molecule has 0 heterocycles. The highest BCUT2D eigenvalue weighted by Gasteiger charge is 2.57. The number of ether oxygens (including phenoxy) is 1. The van der Waals surface area contributed by atoms with E-state index in [1.165, 1.54) is 12.1 Å². The van der Waals surface area contributed by atoms with Gasteiger partial charge in [-0.3, -0.25) is 19.7 Å². The predicted octanol–water partition coefficient (Wildman–Crippen LogP) is 2.94. The van der Waals surface area contributed by atoms with Gasteiger partial charge in [-0.1, -0.05) is 6.42 Å². The van der Waals surface area contributed by atoms with Crippen LogP contribution in [0, 0.1) is 33.8 Å². The van der Waals surface area contributed by atoms with Crippen molar-refractivity contribution in [2.45, 2.75) is 38.2 Å². The highest BCUT2D eigenvalue weighted by Crippen LogP contribution is 2.52. The van der Waals surface area contributed by atoms with Gasteiger partial charge in [-0.25, -0.2) is 0 Å². The summed E-state index contributed by atoms with van der Waals surface area (Å²) in [5.74, 6) is 0.441. The molecular weight excluding hydrogens is 310 g/mol. The molecule has 3 saturated carbocycles. The summed E-state index contributed by atoms with van der Waals surface area (Å²) in [6.07, 6.45) is 4.21. The van der Waals surface area contributed by atoms with Crippen LogP contribution in [0.1, 0.15) is 32.1 Å². The van der Waals surface area contributed by atoms with Gasteiger partial charge in [0.2, 0.25) is 11.6 Å². The van der Waals surface area contributed by atoms with E-state index in [1.807, 2.05) is 0 Å². The van der Waals surface area contributed by atoms with Crippen LogP contribution in [0.4, 0.5) is 5.69 Å². The van der Waals surface area contributed by atoms with Crippen molar-refractivity contribution in [1.29, 1.82) is 0 Å². The number of carbonyl (C=O) groups is 2. The molecule has 0 bridgehead atoms.